The first-order chi connectivity index (χ1) is 9.03. The molecule has 0 saturated heterocycles. The predicted molar refractivity (Wildman–Crippen MR) is 72.1 cm³/mol. The molecule has 2 aromatic rings. The number of aromatic nitrogens is 2. The quantitative estimate of drug-likeness (QED) is 0.578. The zero-order valence-electron chi connectivity index (χ0n) is 9.54. The minimum atomic E-state index is -3.79. The highest BCUT2D eigenvalue weighted by Gasteiger charge is 2.16. The van der Waals surface area contributed by atoms with Crippen molar-refractivity contribution in [1.82, 2.24) is 9.97 Å². The largest absolute Gasteiger partial charge is 0.308 e. The van der Waals surface area contributed by atoms with Gasteiger partial charge < -0.3 is 5.43 Å². The second kappa shape index (κ2) is 5.39. The Bertz CT molecular complexity index is 675. The van der Waals surface area contributed by atoms with Gasteiger partial charge in [0.2, 0.25) is 0 Å². The summed E-state index contributed by atoms with van der Waals surface area (Å²) >= 11 is 5.83. The minimum absolute atomic E-state index is 0.0202. The number of anilines is 2. The van der Waals surface area contributed by atoms with E-state index in [0.29, 0.717) is 5.82 Å². The number of nitrogens with one attached hydrogen (secondary N) is 2. The summed E-state index contributed by atoms with van der Waals surface area (Å²) in [5.74, 6) is 5.56. The molecular weight excluding hydrogens is 290 g/mol. The van der Waals surface area contributed by atoms with Gasteiger partial charge in [0, 0.05) is 12.4 Å². The molecule has 100 valence electrons. The maximum absolute atomic E-state index is 12.1. The lowest BCUT2D eigenvalue weighted by molar-refractivity contribution is 0.600. The monoisotopic (exact) mass is 299 g/mol. The first kappa shape index (κ1) is 13.5. The summed E-state index contributed by atoms with van der Waals surface area (Å²) in [6.45, 7) is 0. The van der Waals surface area contributed by atoms with Gasteiger partial charge in [-0.3, -0.25) is 4.72 Å². The third-order valence-corrected chi connectivity index (χ3v) is 3.81. The van der Waals surface area contributed by atoms with Gasteiger partial charge in [0.1, 0.15) is 10.7 Å². The summed E-state index contributed by atoms with van der Waals surface area (Å²) in [5.41, 5.74) is 2.30. The average Bonchev–Trinajstić information content (AvgIpc) is 2.41. The molecule has 0 fully saturated rings. The molecule has 9 heteroatoms. The molecule has 0 aliphatic rings. The number of pyridine rings is 2. The van der Waals surface area contributed by atoms with Gasteiger partial charge in [-0.05, 0) is 24.3 Å². The number of nitrogens with two attached hydrogens (primary N) is 1. The molecule has 0 aliphatic carbocycles. The van der Waals surface area contributed by atoms with Crippen LogP contribution in [-0.2, 0) is 10.0 Å². The van der Waals surface area contributed by atoms with Gasteiger partial charge in [-0.1, -0.05) is 11.6 Å². The average molecular weight is 300 g/mol. The van der Waals surface area contributed by atoms with Crippen molar-refractivity contribution in [2.75, 3.05) is 10.1 Å². The Labute approximate surface area is 114 Å². The zero-order valence-corrected chi connectivity index (χ0v) is 11.1. The predicted octanol–water partition coefficient (Wildman–Crippen LogP) is 1.22. The van der Waals surface area contributed by atoms with Crippen molar-refractivity contribution >= 4 is 33.3 Å². The second-order valence-electron chi connectivity index (χ2n) is 3.46. The van der Waals surface area contributed by atoms with Gasteiger partial charge in [0.15, 0.2) is 5.82 Å². The van der Waals surface area contributed by atoms with E-state index < -0.39 is 10.0 Å². The molecule has 0 atom stereocenters. The number of hydrogen-bond acceptors (Lipinski definition) is 6. The molecule has 2 heterocycles. The van der Waals surface area contributed by atoms with Crippen molar-refractivity contribution in [3.8, 4) is 0 Å². The molecule has 0 aromatic carbocycles. The lowest BCUT2D eigenvalue weighted by Gasteiger charge is -2.08. The van der Waals surface area contributed by atoms with Crippen LogP contribution in [0.1, 0.15) is 0 Å². The fraction of sp³-hybridized carbons (Fsp3) is 0. The maximum Gasteiger partial charge on any atom is 0.264 e. The Morgan fingerprint density at radius 3 is 2.58 bits per heavy atom. The maximum atomic E-state index is 12.1. The summed E-state index contributed by atoms with van der Waals surface area (Å²) in [7, 11) is -3.79. The van der Waals surface area contributed by atoms with E-state index >= 15 is 0 Å². The molecule has 0 saturated carbocycles. The van der Waals surface area contributed by atoms with Crippen LogP contribution in [0.4, 0.5) is 11.6 Å². The van der Waals surface area contributed by atoms with Crippen molar-refractivity contribution in [2.45, 2.75) is 4.90 Å². The first-order valence-corrected chi connectivity index (χ1v) is 6.95. The third-order valence-electron chi connectivity index (χ3n) is 2.18. The Kier molecular flexibility index (Phi) is 3.84. The highest BCUT2D eigenvalue weighted by Crippen LogP contribution is 2.21. The Morgan fingerprint density at radius 2 is 2.00 bits per heavy atom. The number of sulfonamides is 1. The van der Waals surface area contributed by atoms with E-state index in [4.69, 9.17) is 17.4 Å². The normalized spacial score (nSPS) is 11.1. The molecular formula is C10H10ClN5O2S. The standard InChI is InChI=1S/C10H10ClN5O2S/c11-8-2-1-5-13-10(8)16-19(17,18)7-3-4-9(15-12)14-6-7/h1-6H,12H2,(H,13,16)(H,14,15). The first-order valence-electron chi connectivity index (χ1n) is 5.09. The van der Waals surface area contributed by atoms with Gasteiger partial charge in [-0.25, -0.2) is 24.2 Å². The van der Waals surface area contributed by atoms with E-state index in [1.165, 1.54) is 30.6 Å². The summed E-state index contributed by atoms with van der Waals surface area (Å²) in [6.07, 6.45) is 2.61. The second-order valence-corrected chi connectivity index (χ2v) is 5.55. The van der Waals surface area contributed by atoms with Gasteiger partial charge in [-0.15, -0.1) is 0 Å². The summed E-state index contributed by atoms with van der Waals surface area (Å²) in [6, 6.07) is 5.94. The highest BCUT2D eigenvalue weighted by molar-refractivity contribution is 7.92. The molecule has 0 bridgehead atoms. The molecule has 4 N–H and O–H groups in total. The number of rotatable bonds is 4. The summed E-state index contributed by atoms with van der Waals surface area (Å²) < 4.78 is 26.4. The number of nitrogens with zero attached hydrogens (tertiary/aromatic N) is 2. The molecule has 0 aliphatic heterocycles. The van der Waals surface area contributed by atoms with E-state index in [2.05, 4.69) is 20.1 Å². The van der Waals surface area contributed by atoms with E-state index in [1.54, 1.807) is 6.07 Å². The van der Waals surface area contributed by atoms with Gasteiger partial charge >= 0.3 is 0 Å². The number of halogens is 1. The van der Waals surface area contributed by atoms with Crippen LogP contribution in [0.2, 0.25) is 5.02 Å². The smallest absolute Gasteiger partial charge is 0.264 e. The molecule has 7 nitrogen and oxygen atoms in total. The number of nitrogen functional groups attached to an aromatic ring is 1. The van der Waals surface area contributed by atoms with Crippen LogP contribution in [0, 0.1) is 0 Å². The Morgan fingerprint density at radius 1 is 1.21 bits per heavy atom. The number of hydrazine groups is 1. The lowest BCUT2D eigenvalue weighted by atomic mass is 10.5. The van der Waals surface area contributed by atoms with Crippen LogP contribution >= 0.6 is 11.6 Å². The van der Waals surface area contributed by atoms with Crippen molar-refractivity contribution in [1.29, 1.82) is 0 Å². The van der Waals surface area contributed by atoms with Crippen LogP contribution in [0.3, 0.4) is 0 Å². The lowest BCUT2D eigenvalue weighted by Crippen LogP contribution is -2.15. The zero-order chi connectivity index (χ0) is 13.9. The molecule has 19 heavy (non-hydrogen) atoms. The van der Waals surface area contributed by atoms with Crippen LogP contribution in [0.15, 0.2) is 41.6 Å². The van der Waals surface area contributed by atoms with Crippen LogP contribution in [-0.4, -0.2) is 18.4 Å². The van der Waals surface area contributed by atoms with Crippen LogP contribution in [0.25, 0.3) is 0 Å². The molecule has 0 amide bonds. The number of hydrogen-bond donors (Lipinski definition) is 3. The molecule has 2 aromatic heterocycles. The molecule has 2 rings (SSSR count). The Balaban J connectivity index is 2.30. The van der Waals surface area contributed by atoms with Crippen LogP contribution in [0.5, 0.6) is 0 Å². The SMILES string of the molecule is NNc1ccc(S(=O)(=O)Nc2ncccc2Cl)cn1. The molecule has 0 unspecified atom stereocenters. The van der Waals surface area contributed by atoms with Crippen LogP contribution < -0.4 is 16.0 Å². The topological polar surface area (TPSA) is 110 Å². The van der Waals surface area contributed by atoms with Gasteiger partial charge in [0.05, 0.1) is 5.02 Å². The van der Waals surface area contributed by atoms with E-state index in [0.717, 1.165) is 0 Å². The molecule has 0 spiro atoms. The fourth-order valence-electron chi connectivity index (χ4n) is 1.27. The molecule has 0 radical (unpaired) electrons. The van der Waals surface area contributed by atoms with E-state index in [9.17, 15) is 8.42 Å². The minimum Gasteiger partial charge on any atom is -0.308 e. The van der Waals surface area contributed by atoms with Gasteiger partial charge in [-0.2, -0.15) is 0 Å². The third kappa shape index (κ3) is 3.11. The van der Waals surface area contributed by atoms with E-state index in [1.807, 2.05) is 0 Å². The van der Waals surface area contributed by atoms with Crippen molar-refractivity contribution in [3.05, 3.63) is 41.7 Å². The van der Waals surface area contributed by atoms with E-state index in [-0.39, 0.29) is 15.7 Å². The Hall–Kier alpha value is -1.90. The van der Waals surface area contributed by atoms with Crippen molar-refractivity contribution in [3.63, 3.8) is 0 Å². The highest BCUT2D eigenvalue weighted by atomic mass is 35.5. The fourth-order valence-corrected chi connectivity index (χ4v) is 2.47. The summed E-state index contributed by atoms with van der Waals surface area (Å²) in [5, 5.41) is 0.208. The van der Waals surface area contributed by atoms with Crippen molar-refractivity contribution in [2.24, 2.45) is 5.84 Å². The summed E-state index contributed by atoms with van der Waals surface area (Å²) in [4.78, 5) is 7.65. The van der Waals surface area contributed by atoms with Gasteiger partial charge in [0.25, 0.3) is 10.0 Å². The van der Waals surface area contributed by atoms with Crippen molar-refractivity contribution < 1.29 is 8.42 Å².